The van der Waals surface area contributed by atoms with Crippen molar-refractivity contribution in [3.8, 4) is 0 Å². The molecule has 1 aliphatic carbocycles. The van der Waals surface area contributed by atoms with Gasteiger partial charge in [0.15, 0.2) is 0 Å². The maximum atomic E-state index is 12.2. The van der Waals surface area contributed by atoms with Crippen LogP contribution in [0, 0.1) is 5.92 Å². The molecular formula is C12H24N2O2. The minimum atomic E-state index is -0.680. The van der Waals surface area contributed by atoms with Gasteiger partial charge in [0.2, 0.25) is 0 Å². The van der Waals surface area contributed by atoms with Gasteiger partial charge in [0.05, 0.1) is 0 Å². The number of hydrogen-bond donors (Lipinski definition) is 1. The predicted molar refractivity (Wildman–Crippen MR) is 64.0 cm³/mol. The number of ether oxygens (including phenoxy) is 1. The Morgan fingerprint density at radius 3 is 2.50 bits per heavy atom. The van der Waals surface area contributed by atoms with Gasteiger partial charge in [-0.05, 0) is 32.1 Å². The zero-order valence-corrected chi connectivity index (χ0v) is 10.8. The third-order valence-corrected chi connectivity index (χ3v) is 3.73. The van der Waals surface area contributed by atoms with Crippen LogP contribution in [-0.2, 0) is 9.53 Å². The Bertz CT molecular complexity index is 245. The van der Waals surface area contributed by atoms with E-state index >= 15 is 0 Å². The van der Waals surface area contributed by atoms with Crippen molar-refractivity contribution in [1.82, 2.24) is 4.90 Å². The van der Waals surface area contributed by atoms with Crippen LogP contribution >= 0.6 is 0 Å². The lowest BCUT2D eigenvalue weighted by molar-refractivity contribution is -0.153. The number of nitrogens with zero attached hydrogens (tertiary/aromatic N) is 1. The van der Waals surface area contributed by atoms with Crippen molar-refractivity contribution in [2.45, 2.75) is 44.8 Å². The van der Waals surface area contributed by atoms with E-state index in [2.05, 4.69) is 0 Å². The molecule has 0 heterocycles. The maximum absolute atomic E-state index is 12.2. The molecule has 0 bridgehead atoms. The maximum Gasteiger partial charge on any atom is 0.254 e. The average Bonchev–Trinajstić information content (AvgIpc) is 2.24. The van der Waals surface area contributed by atoms with Gasteiger partial charge in [-0.3, -0.25) is 4.79 Å². The highest BCUT2D eigenvalue weighted by atomic mass is 16.5. The van der Waals surface area contributed by atoms with Crippen molar-refractivity contribution in [3.05, 3.63) is 0 Å². The highest BCUT2D eigenvalue weighted by molar-refractivity contribution is 5.84. The van der Waals surface area contributed by atoms with Crippen LogP contribution in [0.25, 0.3) is 0 Å². The van der Waals surface area contributed by atoms with E-state index in [4.69, 9.17) is 10.5 Å². The standard InChI is InChI=1S/C12H24N2O2/c1-5-12(2,16-4)11(15)14(3)8-9-6-10(13)7-9/h9-10H,5-8,13H2,1-4H3. The lowest BCUT2D eigenvalue weighted by Gasteiger charge is -2.38. The van der Waals surface area contributed by atoms with E-state index in [1.165, 1.54) is 0 Å². The van der Waals surface area contributed by atoms with Crippen LogP contribution < -0.4 is 5.73 Å². The molecule has 1 aliphatic rings. The lowest BCUT2D eigenvalue weighted by Crippen LogP contribution is -2.50. The first kappa shape index (κ1) is 13.5. The first-order chi connectivity index (χ1) is 7.42. The lowest BCUT2D eigenvalue weighted by atomic mass is 9.80. The SMILES string of the molecule is CCC(C)(OC)C(=O)N(C)CC1CC(N)C1. The molecule has 2 N–H and O–H groups in total. The van der Waals surface area contributed by atoms with Crippen molar-refractivity contribution in [1.29, 1.82) is 0 Å². The zero-order valence-electron chi connectivity index (χ0n) is 10.8. The molecule has 0 saturated heterocycles. The van der Waals surface area contributed by atoms with Gasteiger partial charge in [-0.1, -0.05) is 6.92 Å². The van der Waals surface area contributed by atoms with Gasteiger partial charge in [-0.15, -0.1) is 0 Å². The molecule has 1 amide bonds. The molecule has 1 fully saturated rings. The molecule has 4 nitrogen and oxygen atoms in total. The molecule has 1 unspecified atom stereocenters. The summed E-state index contributed by atoms with van der Waals surface area (Å²) in [5.41, 5.74) is 5.05. The number of amides is 1. The Morgan fingerprint density at radius 1 is 1.56 bits per heavy atom. The first-order valence-electron chi connectivity index (χ1n) is 5.99. The third-order valence-electron chi connectivity index (χ3n) is 3.73. The van der Waals surface area contributed by atoms with Crippen molar-refractivity contribution in [3.63, 3.8) is 0 Å². The van der Waals surface area contributed by atoms with Crippen molar-refractivity contribution in [2.75, 3.05) is 20.7 Å². The minimum absolute atomic E-state index is 0.0676. The number of hydrogen-bond acceptors (Lipinski definition) is 3. The van der Waals surface area contributed by atoms with Crippen LogP contribution in [0.15, 0.2) is 0 Å². The third kappa shape index (κ3) is 2.74. The van der Waals surface area contributed by atoms with Crippen molar-refractivity contribution in [2.24, 2.45) is 11.7 Å². The predicted octanol–water partition coefficient (Wildman–Crippen LogP) is 0.997. The van der Waals surface area contributed by atoms with E-state index < -0.39 is 5.60 Å². The fourth-order valence-corrected chi connectivity index (χ4v) is 2.19. The topological polar surface area (TPSA) is 55.6 Å². The molecule has 16 heavy (non-hydrogen) atoms. The first-order valence-corrected chi connectivity index (χ1v) is 5.99. The van der Waals surface area contributed by atoms with Gasteiger partial charge in [-0.2, -0.15) is 0 Å². The summed E-state index contributed by atoms with van der Waals surface area (Å²) < 4.78 is 5.31. The molecule has 0 aromatic rings. The molecule has 4 heteroatoms. The van der Waals surface area contributed by atoms with Crippen LogP contribution in [0.5, 0.6) is 0 Å². The van der Waals surface area contributed by atoms with Gasteiger partial charge in [-0.25, -0.2) is 0 Å². The number of likely N-dealkylation sites (N-methyl/N-ethyl adjacent to an activating group) is 1. The quantitative estimate of drug-likeness (QED) is 0.763. The van der Waals surface area contributed by atoms with Crippen LogP contribution in [0.4, 0.5) is 0 Å². The summed E-state index contributed by atoms with van der Waals surface area (Å²) in [6, 6.07) is 0.341. The van der Waals surface area contributed by atoms with Crippen LogP contribution in [0.2, 0.25) is 0 Å². The summed E-state index contributed by atoms with van der Waals surface area (Å²) in [5, 5.41) is 0. The molecule has 1 saturated carbocycles. The second-order valence-corrected chi connectivity index (χ2v) is 5.07. The molecule has 0 radical (unpaired) electrons. The second-order valence-electron chi connectivity index (χ2n) is 5.07. The summed E-state index contributed by atoms with van der Waals surface area (Å²) in [7, 11) is 3.44. The van der Waals surface area contributed by atoms with E-state index in [1.807, 2.05) is 20.9 Å². The molecule has 94 valence electrons. The van der Waals surface area contributed by atoms with E-state index in [0.717, 1.165) is 19.4 Å². The summed E-state index contributed by atoms with van der Waals surface area (Å²) >= 11 is 0. The summed E-state index contributed by atoms with van der Waals surface area (Å²) in [6.07, 6.45) is 2.76. The van der Waals surface area contributed by atoms with Gasteiger partial charge in [0.1, 0.15) is 5.60 Å². The van der Waals surface area contributed by atoms with E-state index in [0.29, 0.717) is 18.4 Å². The fraction of sp³-hybridized carbons (Fsp3) is 0.917. The largest absolute Gasteiger partial charge is 0.369 e. The van der Waals surface area contributed by atoms with Crippen molar-refractivity contribution >= 4 is 5.91 Å². The Kier molecular flexibility index (Phi) is 4.33. The van der Waals surface area contributed by atoms with Crippen molar-refractivity contribution < 1.29 is 9.53 Å². The second kappa shape index (κ2) is 5.15. The van der Waals surface area contributed by atoms with Gasteiger partial charge in [0, 0.05) is 26.7 Å². The molecule has 0 aromatic carbocycles. The number of carbonyl (C=O) groups excluding carboxylic acids is 1. The molecular weight excluding hydrogens is 204 g/mol. The summed E-state index contributed by atoms with van der Waals surface area (Å²) in [6.45, 7) is 4.61. The monoisotopic (exact) mass is 228 g/mol. The summed E-state index contributed by atoms with van der Waals surface area (Å²) in [5.74, 6) is 0.639. The highest BCUT2D eigenvalue weighted by Gasteiger charge is 2.36. The summed E-state index contributed by atoms with van der Waals surface area (Å²) in [4.78, 5) is 13.9. The normalized spacial score (nSPS) is 28.1. The van der Waals surface area contributed by atoms with E-state index in [9.17, 15) is 4.79 Å². The Hall–Kier alpha value is -0.610. The molecule has 0 spiro atoms. The molecule has 1 atom stereocenters. The highest BCUT2D eigenvalue weighted by Crippen LogP contribution is 2.27. The number of nitrogens with two attached hydrogens (primary N) is 1. The Balaban J connectivity index is 2.46. The van der Waals surface area contributed by atoms with Crippen LogP contribution in [-0.4, -0.2) is 43.2 Å². The molecule has 0 aliphatic heterocycles. The smallest absolute Gasteiger partial charge is 0.254 e. The molecule has 0 aromatic heterocycles. The van der Waals surface area contributed by atoms with Crippen LogP contribution in [0.3, 0.4) is 0 Å². The fourth-order valence-electron chi connectivity index (χ4n) is 2.19. The average molecular weight is 228 g/mol. The van der Waals surface area contributed by atoms with E-state index in [-0.39, 0.29) is 5.91 Å². The van der Waals surface area contributed by atoms with E-state index in [1.54, 1.807) is 12.0 Å². The van der Waals surface area contributed by atoms with Crippen LogP contribution in [0.1, 0.15) is 33.1 Å². The number of carbonyl (C=O) groups is 1. The van der Waals surface area contributed by atoms with Gasteiger partial charge < -0.3 is 15.4 Å². The van der Waals surface area contributed by atoms with Gasteiger partial charge >= 0.3 is 0 Å². The Labute approximate surface area is 98.1 Å². The minimum Gasteiger partial charge on any atom is -0.369 e. The zero-order chi connectivity index (χ0) is 12.3. The van der Waals surface area contributed by atoms with Gasteiger partial charge in [0.25, 0.3) is 5.91 Å². The number of rotatable bonds is 5. The Morgan fingerprint density at radius 2 is 2.12 bits per heavy atom. The molecule has 1 rings (SSSR count). The number of methoxy groups -OCH3 is 1.